The molecule has 18 heavy (non-hydrogen) atoms. The molecule has 0 bridgehead atoms. The Balaban J connectivity index is 2.54. The highest BCUT2D eigenvalue weighted by atomic mass is 79.9. The van der Waals surface area contributed by atoms with E-state index in [0.717, 1.165) is 23.1 Å². The first kappa shape index (κ1) is 16.1. The number of nitrogens with two attached hydrogens (primary N) is 1. The van der Waals surface area contributed by atoms with E-state index in [2.05, 4.69) is 28.1 Å². The molecule has 0 aliphatic rings. The lowest BCUT2D eigenvalue weighted by Crippen LogP contribution is -2.19. The van der Waals surface area contributed by atoms with E-state index in [-0.39, 0.29) is 5.25 Å². The average molecular weight is 366 g/mol. The molecule has 0 fully saturated rings. The van der Waals surface area contributed by atoms with Crippen molar-refractivity contribution in [2.45, 2.75) is 18.1 Å². The Morgan fingerprint density at radius 2 is 2.11 bits per heavy atom. The Labute approximate surface area is 129 Å². The summed E-state index contributed by atoms with van der Waals surface area (Å²) < 4.78 is 13.2. The topological polar surface area (TPSA) is 43.1 Å². The summed E-state index contributed by atoms with van der Waals surface area (Å²) >= 11 is 9.68. The predicted octanol–water partition coefficient (Wildman–Crippen LogP) is 3.11. The summed E-state index contributed by atoms with van der Waals surface area (Å²) in [6, 6.07) is 8.14. The van der Waals surface area contributed by atoms with Crippen LogP contribution < -0.4 is 5.73 Å². The van der Waals surface area contributed by atoms with Gasteiger partial charge < -0.3 is 5.73 Å². The molecular weight excluding hydrogens is 350 g/mol. The van der Waals surface area contributed by atoms with E-state index in [4.69, 9.17) is 18.0 Å². The van der Waals surface area contributed by atoms with Crippen LogP contribution >= 0.6 is 39.9 Å². The molecule has 0 spiro atoms. The molecular formula is C12H16BrNOS3. The van der Waals surface area contributed by atoms with Crippen molar-refractivity contribution in [3.05, 3.63) is 34.3 Å². The zero-order chi connectivity index (χ0) is 13.5. The summed E-state index contributed by atoms with van der Waals surface area (Å²) in [6.45, 7) is 0. The molecule has 0 saturated heterocycles. The Bertz CT molecular complexity index is 422. The summed E-state index contributed by atoms with van der Waals surface area (Å²) in [7, 11) is -0.833. The first-order valence-electron chi connectivity index (χ1n) is 5.48. The third-order valence-corrected chi connectivity index (χ3v) is 5.48. The molecule has 1 aromatic rings. The number of thiocarbonyl (C=S) groups is 1. The minimum atomic E-state index is -0.833. The molecule has 2 nitrogen and oxygen atoms in total. The molecule has 0 aliphatic carbocycles. The molecule has 1 aromatic carbocycles. The van der Waals surface area contributed by atoms with E-state index in [1.54, 1.807) is 6.26 Å². The molecule has 2 atom stereocenters. The summed E-state index contributed by atoms with van der Waals surface area (Å²) in [4.78, 5) is 0. The van der Waals surface area contributed by atoms with E-state index >= 15 is 0 Å². The maximum atomic E-state index is 11.7. The smallest absolute Gasteiger partial charge is 0.131 e. The van der Waals surface area contributed by atoms with Crippen LogP contribution in [-0.2, 0) is 17.2 Å². The molecule has 6 heteroatoms. The van der Waals surface area contributed by atoms with E-state index in [0.29, 0.717) is 4.32 Å². The normalized spacial score (nSPS) is 14.1. The highest BCUT2D eigenvalue weighted by Crippen LogP contribution is 2.16. The molecule has 0 heterocycles. The van der Waals surface area contributed by atoms with Gasteiger partial charge >= 0.3 is 0 Å². The fourth-order valence-corrected chi connectivity index (χ4v) is 3.70. The molecule has 2 unspecified atom stereocenters. The molecule has 0 aromatic heterocycles. The van der Waals surface area contributed by atoms with Crippen molar-refractivity contribution in [3.8, 4) is 0 Å². The van der Waals surface area contributed by atoms with Gasteiger partial charge in [0.25, 0.3) is 0 Å². The lowest BCUT2D eigenvalue weighted by molar-refractivity contribution is 0.667. The third kappa shape index (κ3) is 6.31. The lowest BCUT2D eigenvalue weighted by atomic mass is 10.1. The second kappa shape index (κ2) is 8.30. The van der Waals surface area contributed by atoms with Gasteiger partial charge in [-0.3, -0.25) is 4.21 Å². The van der Waals surface area contributed by atoms with Gasteiger partial charge in [0.15, 0.2) is 0 Å². The summed E-state index contributed by atoms with van der Waals surface area (Å²) in [6.07, 6.45) is 3.45. The summed E-state index contributed by atoms with van der Waals surface area (Å²) in [5.74, 6) is 0.829. The van der Waals surface area contributed by atoms with Gasteiger partial charge in [0.05, 0.1) is 0 Å². The molecule has 0 aliphatic heterocycles. The molecule has 2 N–H and O–H groups in total. The van der Waals surface area contributed by atoms with E-state index < -0.39 is 10.8 Å². The van der Waals surface area contributed by atoms with Gasteiger partial charge in [-0.15, -0.1) is 0 Å². The average Bonchev–Trinajstić information content (AvgIpc) is 2.30. The fourth-order valence-electron chi connectivity index (χ4n) is 1.56. The van der Waals surface area contributed by atoms with Crippen LogP contribution in [0.4, 0.5) is 0 Å². The van der Waals surface area contributed by atoms with Crippen LogP contribution in [0.1, 0.15) is 12.0 Å². The van der Waals surface area contributed by atoms with Crippen LogP contribution in [0.5, 0.6) is 0 Å². The van der Waals surface area contributed by atoms with Crippen molar-refractivity contribution < 1.29 is 4.21 Å². The highest BCUT2D eigenvalue weighted by Gasteiger charge is 2.14. The Hall–Kier alpha value is 0.0900. The zero-order valence-corrected chi connectivity index (χ0v) is 14.1. The van der Waals surface area contributed by atoms with Gasteiger partial charge in [-0.1, -0.05) is 52.0 Å². The highest BCUT2D eigenvalue weighted by molar-refractivity contribution is 9.10. The Kier molecular flexibility index (Phi) is 7.44. The second-order valence-corrected chi connectivity index (χ2v) is 8.32. The van der Waals surface area contributed by atoms with E-state index in [9.17, 15) is 4.21 Å². The van der Waals surface area contributed by atoms with Crippen molar-refractivity contribution in [2.75, 3.05) is 12.0 Å². The summed E-state index contributed by atoms with van der Waals surface area (Å²) in [5, 5.41) is 0.160. The standard InChI is InChI=1S/C12H16BrNOS3/c1-18(15)11(6-7-17-12(14)16)8-9-2-4-10(13)5-3-9/h2-5,11H,6-8H2,1H3,(H2,14,16). The maximum Gasteiger partial charge on any atom is 0.131 e. The van der Waals surface area contributed by atoms with Gasteiger partial charge in [0.2, 0.25) is 0 Å². The SMILES string of the molecule is CS(=O)C(CCSC(N)=S)Cc1ccc(Br)cc1. The van der Waals surface area contributed by atoms with Crippen molar-refractivity contribution in [2.24, 2.45) is 5.73 Å². The number of hydrogen-bond acceptors (Lipinski definition) is 3. The van der Waals surface area contributed by atoms with Crippen molar-refractivity contribution in [3.63, 3.8) is 0 Å². The van der Waals surface area contributed by atoms with E-state index in [1.165, 1.54) is 17.3 Å². The van der Waals surface area contributed by atoms with Crippen LogP contribution in [-0.4, -0.2) is 25.8 Å². The van der Waals surface area contributed by atoms with Gasteiger partial charge in [-0.25, -0.2) is 0 Å². The molecule has 0 amide bonds. The van der Waals surface area contributed by atoms with Crippen LogP contribution in [0.25, 0.3) is 0 Å². The van der Waals surface area contributed by atoms with Gasteiger partial charge in [0, 0.05) is 32.5 Å². The molecule has 100 valence electrons. The fraction of sp³-hybridized carbons (Fsp3) is 0.417. The molecule has 0 radical (unpaired) electrons. The third-order valence-electron chi connectivity index (χ3n) is 2.53. The zero-order valence-electron chi connectivity index (χ0n) is 10.1. The van der Waals surface area contributed by atoms with E-state index in [1.807, 2.05) is 12.1 Å². The first-order chi connectivity index (χ1) is 8.49. The number of hydrogen-bond donors (Lipinski definition) is 1. The van der Waals surface area contributed by atoms with Crippen LogP contribution in [0.15, 0.2) is 28.7 Å². The van der Waals surface area contributed by atoms with Gasteiger partial charge in [-0.05, 0) is 30.5 Å². The summed E-state index contributed by atoms with van der Waals surface area (Å²) in [5.41, 5.74) is 6.64. The Morgan fingerprint density at radius 1 is 1.50 bits per heavy atom. The minimum Gasteiger partial charge on any atom is -0.385 e. The van der Waals surface area contributed by atoms with Gasteiger partial charge in [0.1, 0.15) is 4.32 Å². The second-order valence-electron chi connectivity index (χ2n) is 3.91. The van der Waals surface area contributed by atoms with Crippen LogP contribution in [0, 0.1) is 0 Å². The molecule has 0 saturated carbocycles. The van der Waals surface area contributed by atoms with Crippen LogP contribution in [0.3, 0.4) is 0 Å². The van der Waals surface area contributed by atoms with Crippen molar-refractivity contribution in [1.29, 1.82) is 0 Å². The lowest BCUT2D eigenvalue weighted by Gasteiger charge is -2.14. The largest absolute Gasteiger partial charge is 0.385 e. The maximum absolute atomic E-state index is 11.7. The van der Waals surface area contributed by atoms with Gasteiger partial charge in [-0.2, -0.15) is 0 Å². The monoisotopic (exact) mass is 365 g/mol. The number of rotatable bonds is 6. The van der Waals surface area contributed by atoms with Crippen molar-refractivity contribution in [1.82, 2.24) is 0 Å². The Morgan fingerprint density at radius 3 is 2.61 bits per heavy atom. The minimum absolute atomic E-state index is 0.160. The van der Waals surface area contributed by atoms with Crippen LogP contribution in [0.2, 0.25) is 0 Å². The van der Waals surface area contributed by atoms with Crippen molar-refractivity contribution >= 4 is 55.0 Å². The molecule has 1 rings (SSSR count). The number of halogens is 1. The predicted molar refractivity (Wildman–Crippen MR) is 89.6 cm³/mol. The number of benzene rings is 1. The number of thioether (sulfide) groups is 1. The first-order valence-corrected chi connectivity index (χ1v) is 9.28. The quantitative estimate of drug-likeness (QED) is 0.786.